The zero-order valence-electron chi connectivity index (χ0n) is 46.6. The molecule has 0 saturated carbocycles. The predicted molar refractivity (Wildman–Crippen MR) is 258 cm³/mol. The average Bonchev–Trinajstić information content (AvgIpc) is 3.95. The Morgan fingerprint density at radius 1 is 0.688 bits per heavy atom. The van der Waals surface area contributed by atoms with Crippen LogP contribution in [0.1, 0.15) is 72.1 Å². The van der Waals surface area contributed by atoms with E-state index in [0.717, 1.165) is 34.0 Å². The fraction of sp³-hybridized carbons (Fsp3) is 0.182. The Hall–Kier alpha value is -6.50. The van der Waals surface area contributed by atoms with E-state index in [2.05, 4.69) is 70.0 Å². The van der Waals surface area contributed by atoms with Gasteiger partial charge in [0.2, 0.25) is 0 Å². The first-order chi connectivity index (χ1) is 34.9. The van der Waals surface area contributed by atoms with E-state index in [4.69, 9.17) is 23.0 Å². The second kappa shape index (κ2) is 15.9. The van der Waals surface area contributed by atoms with Gasteiger partial charge < -0.3 is 0 Å². The Morgan fingerprint density at radius 2 is 1.33 bits per heavy atom. The van der Waals surface area contributed by atoms with Crippen LogP contribution in [0.4, 0.5) is 11.5 Å². The van der Waals surface area contributed by atoms with Gasteiger partial charge in [0.15, 0.2) is 0 Å². The number of aromatic nitrogens is 5. The Balaban J connectivity index is 1.19. The molecule has 0 bridgehead atoms. The summed E-state index contributed by atoms with van der Waals surface area (Å²) in [5.74, 6) is 1.54. The van der Waals surface area contributed by atoms with Crippen molar-refractivity contribution >= 4 is 29.5 Å². The molecule has 6 aromatic carbocycles. The van der Waals surface area contributed by atoms with Crippen molar-refractivity contribution in [2.45, 2.75) is 66.1 Å². The molecule has 0 amide bonds. The van der Waals surface area contributed by atoms with Crippen LogP contribution in [0.15, 0.2) is 152 Å². The van der Waals surface area contributed by atoms with E-state index in [-0.39, 0.29) is 40.3 Å². The second-order valence-corrected chi connectivity index (χ2v) is 19.0. The molecule has 320 valence electrons. The molecule has 0 atom stereocenters. The third-order valence-electron chi connectivity index (χ3n) is 11.5. The topological polar surface area (TPSA) is 53.0 Å². The molecule has 0 fully saturated rings. The first kappa shape index (κ1) is 31.4. The first-order valence-electron chi connectivity index (χ1n) is 26.0. The Morgan fingerprint density at radius 3 is 1.95 bits per heavy atom. The summed E-state index contributed by atoms with van der Waals surface area (Å²) in [6.45, 7) is 16.1. The van der Waals surface area contributed by atoms with E-state index in [1.165, 1.54) is 0 Å². The number of aryl methyl sites for hydroxylation is 1. The molecular weight excluding hydrogens is 967 g/mol. The maximum absolute atomic E-state index is 9.29. The molecule has 0 unspecified atom stereocenters. The monoisotopic (exact) mass is 1030 g/mol. The van der Waals surface area contributed by atoms with Gasteiger partial charge in [-0.3, -0.25) is 0 Å². The molecule has 0 saturated heterocycles. The molecule has 0 spiro atoms. The number of nitrogens with zero attached hydrogens (tertiary/aromatic N) is 6. The number of hydrogen-bond donors (Lipinski definition) is 0. The summed E-state index contributed by atoms with van der Waals surface area (Å²) in [6, 6.07) is 28.5. The summed E-state index contributed by atoms with van der Waals surface area (Å²) < 4.78 is 102. The molecule has 64 heavy (non-hydrogen) atoms. The van der Waals surface area contributed by atoms with Crippen molar-refractivity contribution in [3.8, 4) is 56.4 Å². The van der Waals surface area contributed by atoms with Crippen molar-refractivity contribution in [3.63, 3.8) is 0 Å². The number of hydrogen-bond acceptors (Lipinski definition) is 4. The van der Waals surface area contributed by atoms with Gasteiger partial charge in [0.05, 0.1) is 5.69 Å². The number of pyridine rings is 1. The van der Waals surface area contributed by atoms with Gasteiger partial charge in [-0.05, 0) is 18.6 Å². The molecule has 0 N–H and O–H groups in total. The molecule has 4 heterocycles. The van der Waals surface area contributed by atoms with Crippen LogP contribution in [0.25, 0.3) is 55.9 Å². The van der Waals surface area contributed by atoms with Gasteiger partial charge in [0.1, 0.15) is 0 Å². The summed E-state index contributed by atoms with van der Waals surface area (Å²) >= 11 is 2.17. The molecule has 1 aliphatic rings. The van der Waals surface area contributed by atoms with Crippen LogP contribution in [-0.2, 0) is 30.2 Å². The number of anilines is 2. The van der Waals surface area contributed by atoms with Crippen molar-refractivity contribution in [2.24, 2.45) is 0 Å². The Labute approximate surface area is 401 Å². The molecule has 9 heteroatoms. The third-order valence-corrected chi connectivity index (χ3v) is 12.5. The van der Waals surface area contributed by atoms with E-state index < -0.39 is 65.8 Å². The zero-order chi connectivity index (χ0) is 53.2. The predicted octanol–water partition coefficient (Wildman–Crippen LogP) is 13.5. The molecule has 0 radical (unpaired) electrons. The standard InChI is InChI=1S/C55H49BN6O.Pt/c1-37-28-29-57-52(30-37)61-49-34-43(26-27-44(49)50-35-51(55(5,6)7)58-62(50)56(61)8)63-42-23-17-22-41(33-42)59-36-60(48-25-16-15-24-47(48)59)53-45(38-18-11-9-12-19-38)31-40(54(2,3)4)32-46(53)39-20-13-10-14-21-39;/h9-32,35H,1-8H3;/q-2;/i9D,10D,11D,12D,13D,14D,18D,19D,20D,21D;. The van der Waals surface area contributed by atoms with Gasteiger partial charge in [-0.15, -0.1) is 0 Å². The van der Waals surface area contributed by atoms with Crippen molar-refractivity contribution in [1.82, 2.24) is 23.8 Å². The van der Waals surface area contributed by atoms with Gasteiger partial charge in [0.25, 0.3) is 0 Å². The number of fused-ring (bicyclic) bond motifs is 4. The fourth-order valence-corrected chi connectivity index (χ4v) is 9.25. The molecule has 1 aliphatic heterocycles. The Bertz CT molecular complexity index is 3750. The van der Waals surface area contributed by atoms with Crippen LogP contribution >= 0.6 is 0 Å². The molecule has 3 aromatic heterocycles. The fourth-order valence-electron chi connectivity index (χ4n) is 8.18. The van der Waals surface area contributed by atoms with Crippen molar-refractivity contribution in [3.05, 3.63) is 184 Å². The normalized spacial score (nSPS) is 14.9. The summed E-state index contributed by atoms with van der Waals surface area (Å²) in [5, 5.41) is 5.08. The number of rotatable bonds is 7. The number of benzene rings is 6. The van der Waals surface area contributed by atoms with Crippen LogP contribution in [0.5, 0.6) is 11.5 Å². The summed E-state index contributed by atoms with van der Waals surface area (Å²) in [5.41, 5.74) is 6.71. The molecule has 7 nitrogen and oxygen atoms in total. The van der Waals surface area contributed by atoms with Gasteiger partial charge in [0, 0.05) is 11.6 Å². The zero-order valence-corrected chi connectivity index (χ0v) is 38.9. The van der Waals surface area contributed by atoms with Gasteiger partial charge in [-0.25, -0.2) is 0 Å². The summed E-state index contributed by atoms with van der Waals surface area (Å²) in [4.78, 5) is 6.89. The van der Waals surface area contributed by atoms with Crippen LogP contribution in [0.3, 0.4) is 0 Å². The van der Waals surface area contributed by atoms with Crippen molar-refractivity contribution < 1.29 is 37.8 Å². The third kappa shape index (κ3) is 7.38. The van der Waals surface area contributed by atoms with Gasteiger partial charge in [-0.1, -0.05) is 20.8 Å². The van der Waals surface area contributed by atoms with E-state index in [1.54, 1.807) is 24.4 Å². The molecule has 10 rings (SSSR count). The molecule has 0 aliphatic carbocycles. The van der Waals surface area contributed by atoms with Crippen LogP contribution < -0.4 is 9.55 Å². The van der Waals surface area contributed by atoms with E-state index in [9.17, 15) is 5.48 Å². The first-order valence-corrected chi connectivity index (χ1v) is 22.1. The molecule has 9 aromatic rings. The number of imidazole rings is 1. The SMILES string of the molecule is [2H]c1c([2H])c([2H])c(-c2cc(C(C)(C)C)cc(-c3c([2H])c([2H])c([2H])c([2H])c3[2H])c2-n2[c](=[Pt])n(-c3[c-]c(Oc4[c-]c5c(cc4)-c4cc(C(C)(C)C)nn4B(C)N5c4cc(C)ccn4)ccc3)c3ccccc32)c([2H])c1[2H]. The number of para-hydroxylation sites is 2. The Kier molecular flexibility index (Phi) is 7.81. The van der Waals surface area contributed by atoms with E-state index in [1.807, 2.05) is 102 Å². The maximum atomic E-state index is 9.29. The van der Waals surface area contributed by atoms with Crippen molar-refractivity contribution in [1.29, 1.82) is 0 Å². The quantitative estimate of drug-likeness (QED) is 0.118. The van der Waals surface area contributed by atoms with Gasteiger partial charge in [-0.2, -0.15) is 5.10 Å². The summed E-state index contributed by atoms with van der Waals surface area (Å²) in [7, 11) is 0. The average molecular weight is 1030 g/mol. The van der Waals surface area contributed by atoms with Crippen LogP contribution in [0.2, 0.25) is 6.82 Å². The van der Waals surface area contributed by atoms with Crippen molar-refractivity contribution in [2.75, 3.05) is 4.81 Å². The minimum absolute atomic E-state index is 0.111. The van der Waals surface area contributed by atoms with Crippen LogP contribution in [-0.4, -0.2) is 30.8 Å². The summed E-state index contributed by atoms with van der Waals surface area (Å²) in [6.07, 6.45) is 1.79. The minimum atomic E-state index is -0.633. The van der Waals surface area contributed by atoms with E-state index >= 15 is 0 Å². The number of ether oxygens (including phenoxy) is 1. The van der Waals surface area contributed by atoms with E-state index in [0.29, 0.717) is 37.6 Å². The van der Waals surface area contributed by atoms with Gasteiger partial charge >= 0.3 is 341 Å². The second-order valence-electron chi connectivity index (χ2n) is 18.0. The van der Waals surface area contributed by atoms with Crippen LogP contribution in [0, 0.1) is 22.9 Å². The molecular formula is C55H49BN6OPt-2.